The molecule has 0 fully saturated rings. The van der Waals surface area contributed by atoms with Gasteiger partial charge < -0.3 is 4.52 Å². The largest absolute Gasteiger partial charge is 0.363 e. The van der Waals surface area contributed by atoms with Crippen molar-refractivity contribution in [3.05, 3.63) is 101 Å². The van der Waals surface area contributed by atoms with Gasteiger partial charge in [0.05, 0.1) is 28.7 Å². The van der Waals surface area contributed by atoms with E-state index in [1.54, 1.807) is 23.7 Å². The standard InChI is InChI=1S/C22H17N3O3/c1-14-8-10-16(11-9-14)21(26)19-13-28-24-20(19)22(27)18-12-23-25(15(18)2)17-6-4-3-5-7-17/h3-13H,1-2H3. The lowest BCUT2D eigenvalue weighted by Gasteiger charge is -2.05. The third-order valence-electron chi connectivity index (χ3n) is 4.60. The van der Waals surface area contributed by atoms with E-state index < -0.39 is 5.78 Å². The summed E-state index contributed by atoms with van der Waals surface area (Å²) in [4.78, 5) is 25.9. The smallest absolute Gasteiger partial charge is 0.219 e. The summed E-state index contributed by atoms with van der Waals surface area (Å²) >= 11 is 0. The molecule has 0 saturated carbocycles. The van der Waals surface area contributed by atoms with Gasteiger partial charge in [0, 0.05) is 5.56 Å². The van der Waals surface area contributed by atoms with E-state index in [0.29, 0.717) is 16.8 Å². The number of benzene rings is 2. The molecule has 2 aromatic carbocycles. The SMILES string of the molecule is Cc1ccc(C(=O)c2conc2C(=O)c2cnn(-c3ccccc3)c2C)cc1. The minimum absolute atomic E-state index is 0.0127. The average Bonchev–Trinajstić information content (AvgIpc) is 3.35. The second-order valence-electron chi connectivity index (χ2n) is 6.49. The molecule has 2 heterocycles. The van der Waals surface area contributed by atoms with Gasteiger partial charge in [-0.05, 0) is 26.0 Å². The maximum atomic E-state index is 13.1. The first-order chi connectivity index (χ1) is 13.6. The zero-order valence-electron chi connectivity index (χ0n) is 15.4. The lowest BCUT2D eigenvalue weighted by molar-refractivity contribution is 0.1000. The summed E-state index contributed by atoms with van der Waals surface area (Å²) < 4.78 is 6.64. The molecule has 2 aromatic heterocycles. The Hall–Kier alpha value is -3.80. The Morgan fingerprint density at radius 1 is 0.893 bits per heavy atom. The summed E-state index contributed by atoms with van der Waals surface area (Å²) in [6.07, 6.45) is 2.70. The minimum Gasteiger partial charge on any atom is -0.363 e. The molecule has 28 heavy (non-hydrogen) atoms. The number of carbonyl (C=O) groups is 2. The molecule has 0 spiro atoms. The van der Waals surface area contributed by atoms with Crippen molar-refractivity contribution >= 4 is 11.6 Å². The van der Waals surface area contributed by atoms with Gasteiger partial charge in [-0.15, -0.1) is 0 Å². The Labute approximate surface area is 161 Å². The van der Waals surface area contributed by atoms with Crippen LogP contribution in [-0.4, -0.2) is 26.5 Å². The number of hydrogen-bond donors (Lipinski definition) is 0. The molecule has 0 atom stereocenters. The van der Waals surface area contributed by atoms with Gasteiger partial charge in [0.15, 0.2) is 11.5 Å². The van der Waals surface area contributed by atoms with Gasteiger partial charge in [-0.25, -0.2) is 4.68 Å². The van der Waals surface area contributed by atoms with Gasteiger partial charge in [0.1, 0.15) is 6.26 Å². The van der Waals surface area contributed by atoms with Gasteiger partial charge in [0.25, 0.3) is 0 Å². The van der Waals surface area contributed by atoms with E-state index in [1.165, 1.54) is 12.5 Å². The number of carbonyl (C=O) groups excluding carboxylic acids is 2. The zero-order valence-corrected chi connectivity index (χ0v) is 15.4. The maximum Gasteiger partial charge on any atom is 0.219 e. The molecule has 0 aliphatic heterocycles. The summed E-state index contributed by atoms with van der Waals surface area (Å²) in [5.74, 6) is -0.707. The van der Waals surface area contributed by atoms with Crippen molar-refractivity contribution in [3.63, 3.8) is 0 Å². The fourth-order valence-corrected chi connectivity index (χ4v) is 3.01. The van der Waals surface area contributed by atoms with Gasteiger partial charge in [-0.3, -0.25) is 9.59 Å². The number of aromatic nitrogens is 3. The van der Waals surface area contributed by atoms with Crippen molar-refractivity contribution in [2.75, 3.05) is 0 Å². The molecule has 0 bridgehead atoms. The van der Waals surface area contributed by atoms with Crippen LogP contribution in [0, 0.1) is 13.8 Å². The van der Waals surface area contributed by atoms with E-state index in [9.17, 15) is 9.59 Å². The van der Waals surface area contributed by atoms with Gasteiger partial charge >= 0.3 is 0 Å². The van der Waals surface area contributed by atoms with Gasteiger partial charge in [-0.2, -0.15) is 5.10 Å². The molecule has 0 N–H and O–H groups in total. The van der Waals surface area contributed by atoms with Gasteiger partial charge in [0.2, 0.25) is 5.78 Å². The number of rotatable bonds is 5. The number of para-hydroxylation sites is 1. The maximum absolute atomic E-state index is 13.1. The number of ketones is 2. The van der Waals surface area contributed by atoms with E-state index in [2.05, 4.69) is 10.3 Å². The van der Waals surface area contributed by atoms with Crippen LogP contribution in [0.5, 0.6) is 0 Å². The van der Waals surface area contributed by atoms with Crippen LogP contribution < -0.4 is 0 Å². The molecule has 0 saturated heterocycles. The fraction of sp³-hybridized carbons (Fsp3) is 0.0909. The quantitative estimate of drug-likeness (QED) is 0.497. The van der Waals surface area contributed by atoms with Crippen LogP contribution in [0.3, 0.4) is 0 Å². The highest BCUT2D eigenvalue weighted by atomic mass is 16.5. The highest BCUT2D eigenvalue weighted by Gasteiger charge is 2.26. The van der Waals surface area contributed by atoms with Crippen molar-refractivity contribution in [1.29, 1.82) is 0 Å². The Kier molecular flexibility index (Phi) is 4.45. The van der Waals surface area contributed by atoms with Crippen LogP contribution in [-0.2, 0) is 0 Å². The van der Waals surface area contributed by atoms with Crippen LogP contribution in [0.25, 0.3) is 5.69 Å². The Bertz CT molecular complexity index is 1160. The molecule has 4 rings (SSSR count). The van der Waals surface area contributed by atoms with E-state index >= 15 is 0 Å². The van der Waals surface area contributed by atoms with Crippen molar-refractivity contribution in [1.82, 2.24) is 14.9 Å². The molecule has 0 amide bonds. The van der Waals surface area contributed by atoms with E-state index in [4.69, 9.17) is 4.52 Å². The van der Waals surface area contributed by atoms with E-state index in [-0.39, 0.29) is 17.0 Å². The highest BCUT2D eigenvalue weighted by molar-refractivity contribution is 6.18. The number of hydrogen-bond acceptors (Lipinski definition) is 5. The van der Waals surface area contributed by atoms with Crippen molar-refractivity contribution in [3.8, 4) is 5.69 Å². The predicted octanol–water partition coefficient (Wildman–Crippen LogP) is 3.94. The summed E-state index contributed by atoms with van der Waals surface area (Å²) in [6, 6.07) is 16.6. The summed E-state index contributed by atoms with van der Waals surface area (Å²) in [5, 5.41) is 8.11. The van der Waals surface area contributed by atoms with Crippen molar-refractivity contribution in [2.24, 2.45) is 0 Å². The van der Waals surface area contributed by atoms with Crippen LogP contribution in [0.15, 0.2) is 71.6 Å². The number of nitrogens with zero attached hydrogens (tertiary/aromatic N) is 3. The Morgan fingerprint density at radius 3 is 2.32 bits per heavy atom. The van der Waals surface area contributed by atoms with Crippen molar-refractivity contribution in [2.45, 2.75) is 13.8 Å². The molecular formula is C22H17N3O3. The summed E-state index contributed by atoms with van der Waals surface area (Å²) in [6.45, 7) is 3.74. The lowest BCUT2D eigenvalue weighted by atomic mass is 9.99. The molecule has 0 aliphatic carbocycles. The summed E-state index contributed by atoms with van der Waals surface area (Å²) in [7, 11) is 0. The highest BCUT2D eigenvalue weighted by Crippen LogP contribution is 2.21. The van der Waals surface area contributed by atoms with Gasteiger partial charge in [-0.1, -0.05) is 53.2 Å². The molecule has 0 aliphatic rings. The van der Waals surface area contributed by atoms with E-state index in [0.717, 1.165) is 11.3 Å². The van der Waals surface area contributed by atoms with Crippen molar-refractivity contribution < 1.29 is 14.1 Å². The monoisotopic (exact) mass is 371 g/mol. The third-order valence-corrected chi connectivity index (χ3v) is 4.60. The third kappa shape index (κ3) is 3.05. The van der Waals surface area contributed by atoms with Crippen LogP contribution in [0.1, 0.15) is 43.2 Å². The normalized spacial score (nSPS) is 10.8. The first kappa shape index (κ1) is 17.6. The number of aryl methyl sites for hydroxylation is 1. The minimum atomic E-state index is -0.399. The van der Waals surface area contributed by atoms with Crippen LogP contribution in [0.4, 0.5) is 0 Å². The molecule has 138 valence electrons. The molecule has 6 nitrogen and oxygen atoms in total. The van der Waals surface area contributed by atoms with Crippen LogP contribution in [0.2, 0.25) is 0 Å². The molecule has 6 heteroatoms. The average molecular weight is 371 g/mol. The zero-order chi connectivity index (χ0) is 19.7. The molecule has 0 unspecified atom stereocenters. The Morgan fingerprint density at radius 2 is 1.61 bits per heavy atom. The molecule has 0 radical (unpaired) electrons. The predicted molar refractivity (Wildman–Crippen MR) is 103 cm³/mol. The first-order valence-corrected chi connectivity index (χ1v) is 8.76. The topological polar surface area (TPSA) is 78.0 Å². The molecule has 4 aromatic rings. The fourth-order valence-electron chi connectivity index (χ4n) is 3.01. The Balaban J connectivity index is 1.69. The second kappa shape index (κ2) is 7.08. The second-order valence-corrected chi connectivity index (χ2v) is 6.49. The first-order valence-electron chi connectivity index (χ1n) is 8.76. The summed E-state index contributed by atoms with van der Waals surface area (Å²) in [5.41, 5.74) is 3.52. The van der Waals surface area contributed by atoms with Crippen LogP contribution >= 0.6 is 0 Å². The van der Waals surface area contributed by atoms with E-state index in [1.807, 2.05) is 49.4 Å². The molecular weight excluding hydrogens is 354 g/mol. The lowest BCUT2D eigenvalue weighted by Crippen LogP contribution is -2.11.